The van der Waals surface area contributed by atoms with Crippen LogP contribution in [0.2, 0.25) is 0 Å². The number of anilines is 2. The highest BCUT2D eigenvalue weighted by molar-refractivity contribution is 6.22. The monoisotopic (exact) mass is 423 g/mol. The minimum absolute atomic E-state index is 0.129. The minimum Gasteiger partial charge on any atom is -0.497 e. The first kappa shape index (κ1) is 21.2. The lowest BCUT2D eigenvalue weighted by Gasteiger charge is -2.35. The Labute approximate surface area is 182 Å². The molecule has 0 aliphatic carbocycles. The first-order valence-electron chi connectivity index (χ1n) is 10.8. The van der Waals surface area contributed by atoms with Crippen LogP contribution in [-0.4, -0.2) is 55.6 Å². The SMILES string of the molecule is CCOc1ccc(N2C(=O)C[C@@H](N3CCC(Nc4ccc(OC)cc4)CC3)C2=O)cc1. The van der Waals surface area contributed by atoms with Gasteiger partial charge in [-0.15, -0.1) is 0 Å². The zero-order chi connectivity index (χ0) is 21.8. The standard InChI is InChI=1S/C24H29N3O4/c1-3-31-21-10-6-19(7-11-21)27-23(28)16-22(24(27)29)26-14-12-18(13-15-26)25-17-4-8-20(30-2)9-5-17/h4-11,18,22,25H,3,12-16H2,1-2H3/t22-/m1/s1. The Kier molecular flexibility index (Phi) is 6.42. The normalized spacial score (nSPS) is 20.2. The second-order valence-electron chi connectivity index (χ2n) is 7.90. The van der Waals surface area contributed by atoms with Crippen molar-refractivity contribution in [3.63, 3.8) is 0 Å². The molecule has 1 atom stereocenters. The zero-order valence-corrected chi connectivity index (χ0v) is 18.0. The second-order valence-corrected chi connectivity index (χ2v) is 7.90. The van der Waals surface area contributed by atoms with Gasteiger partial charge in [0.2, 0.25) is 5.91 Å². The number of carbonyl (C=O) groups is 2. The summed E-state index contributed by atoms with van der Waals surface area (Å²) in [7, 11) is 1.66. The van der Waals surface area contributed by atoms with Crippen molar-refractivity contribution >= 4 is 23.2 Å². The number of likely N-dealkylation sites (tertiary alicyclic amines) is 1. The molecule has 31 heavy (non-hydrogen) atoms. The van der Waals surface area contributed by atoms with E-state index in [2.05, 4.69) is 10.2 Å². The number of imide groups is 1. The van der Waals surface area contributed by atoms with E-state index < -0.39 is 0 Å². The molecule has 4 rings (SSSR count). The Morgan fingerprint density at radius 2 is 1.61 bits per heavy atom. The fraction of sp³-hybridized carbons (Fsp3) is 0.417. The molecule has 2 saturated heterocycles. The van der Waals surface area contributed by atoms with Crippen LogP contribution in [-0.2, 0) is 9.59 Å². The van der Waals surface area contributed by atoms with Crippen LogP contribution < -0.4 is 19.7 Å². The van der Waals surface area contributed by atoms with Crippen molar-refractivity contribution in [2.24, 2.45) is 0 Å². The van der Waals surface area contributed by atoms with Crippen molar-refractivity contribution in [2.45, 2.75) is 38.3 Å². The van der Waals surface area contributed by atoms with Gasteiger partial charge in [0.15, 0.2) is 0 Å². The fourth-order valence-electron chi connectivity index (χ4n) is 4.31. The van der Waals surface area contributed by atoms with Crippen LogP contribution in [0, 0.1) is 0 Å². The molecule has 0 spiro atoms. The largest absolute Gasteiger partial charge is 0.497 e. The number of hydrogen-bond acceptors (Lipinski definition) is 6. The van der Waals surface area contributed by atoms with E-state index in [-0.39, 0.29) is 24.3 Å². The van der Waals surface area contributed by atoms with Gasteiger partial charge in [0, 0.05) is 24.8 Å². The molecule has 2 amide bonds. The fourth-order valence-corrected chi connectivity index (χ4v) is 4.31. The molecule has 0 bridgehead atoms. The molecule has 2 fully saturated rings. The number of ether oxygens (including phenoxy) is 2. The Balaban J connectivity index is 1.34. The van der Waals surface area contributed by atoms with Crippen molar-refractivity contribution in [2.75, 3.05) is 37.0 Å². The number of nitrogens with one attached hydrogen (secondary N) is 1. The molecule has 7 heteroatoms. The van der Waals surface area contributed by atoms with E-state index in [1.807, 2.05) is 31.2 Å². The number of carbonyl (C=O) groups excluding carboxylic acids is 2. The number of nitrogens with zero attached hydrogens (tertiary/aromatic N) is 2. The van der Waals surface area contributed by atoms with Crippen LogP contribution in [0.25, 0.3) is 0 Å². The highest BCUT2D eigenvalue weighted by Gasteiger charge is 2.43. The summed E-state index contributed by atoms with van der Waals surface area (Å²) in [6.45, 7) is 4.07. The lowest BCUT2D eigenvalue weighted by molar-refractivity contribution is -0.123. The van der Waals surface area contributed by atoms with Gasteiger partial charge < -0.3 is 14.8 Å². The van der Waals surface area contributed by atoms with Crippen molar-refractivity contribution in [3.8, 4) is 11.5 Å². The van der Waals surface area contributed by atoms with Gasteiger partial charge in [0.25, 0.3) is 5.91 Å². The number of hydrogen-bond donors (Lipinski definition) is 1. The van der Waals surface area contributed by atoms with Crippen molar-refractivity contribution < 1.29 is 19.1 Å². The zero-order valence-electron chi connectivity index (χ0n) is 18.0. The lowest BCUT2D eigenvalue weighted by Crippen LogP contribution is -2.48. The van der Waals surface area contributed by atoms with E-state index in [0.717, 1.165) is 43.1 Å². The molecule has 2 aliphatic rings. The van der Waals surface area contributed by atoms with Gasteiger partial charge in [-0.05, 0) is 68.3 Å². The van der Waals surface area contributed by atoms with Gasteiger partial charge >= 0.3 is 0 Å². The van der Waals surface area contributed by atoms with Crippen molar-refractivity contribution in [1.82, 2.24) is 4.90 Å². The highest BCUT2D eigenvalue weighted by atomic mass is 16.5. The van der Waals surface area contributed by atoms with Gasteiger partial charge in [-0.25, -0.2) is 4.90 Å². The third kappa shape index (κ3) is 4.66. The number of amides is 2. The van der Waals surface area contributed by atoms with E-state index in [1.165, 1.54) is 4.90 Å². The van der Waals surface area contributed by atoms with Crippen LogP contribution in [0.4, 0.5) is 11.4 Å². The van der Waals surface area contributed by atoms with E-state index in [9.17, 15) is 9.59 Å². The third-order valence-corrected chi connectivity index (χ3v) is 5.96. The summed E-state index contributed by atoms with van der Waals surface area (Å²) in [4.78, 5) is 29.2. The third-order valence-electron chi connectivity index (χ3n) is 5.96. The Bertz CT molecular complexity index is 905. The summed E-state index contributed by atoms with van der Waals surface area (Å²) in [6, 6.07) is 15.0. The average Bonchev–Trinajstić information content (AvgIpc) is 3.09. The first-order valence-corrected chi connectivity index (χ1v) is 10.8. The predicted octanol–water partition coefficient (Wildman–Crippen LogP) is 3.30. The molecular weight excluding hydrogens is 394 g/mol. The first-order chi connectivity index (χ1) is 15.1. The molecule has 2 heterocycles. The van der Waals surface area contributed by atoms with Gasteiger partial charge in [0.05, 0.1) is 31.9 Å². The molecular formula is C24H29N3O4. The maximum atomic E-state index is 13.1. The molecule has 164 valence electrons. The van der Waals surface area contributed by atoms with E-state index in [0.29, 0.717) is 18.3 Å². The smallest absolute Gasteiger partial charge is 0.251 e. The second kappa shape index (κ2) is 9.39. The van der Waals surface area contributed by atoms with Gasteiger partial charge in [-0.2, -0.15) is 0 Å². The predicted molar refractivity (Wildman–Crippen MR) is 120 cm³/mol. The van der Waals surface area contributed by atoms with Crippen LogP contribution in [0.5, 0.6) is 11.5 Å². The van der Waals surface area contributed by atoms with Crippen LogP contribution in [0.1, 0.15) is 26.2 Å². The number of methoxy groups -OCH3 is 1. The minimum atomic E-state index is -0.374. The Hall–Kier alpha value is -3.06. The molecule has 0 aromatic heterocycles. The van der Waals surface area contributed by atoms with Crippen molar-refractivity contribution in [1.29, 1.82) is 0 Å². The van der Waals surface area contributed by atoms with E-state index in [4.69, 9.17) is 9.47 Å². The number of piperidine rings is 1. The maximum Gasteiger partial charge on any atom is 0.251 e. The quantitative estimate of drug-likeness (QED) is 0.689. The van der Waals surface area contributed by atoms with Gasteiger partial charge in [0.1, 0.15) is 11.5 Å². The topological polar surface area (TPSA) is 71.1 Å². The van der Waals surface area contributed by atoms with E-state index >= 15 is 0 Å². The van der Waals surface area contributed by atoms with Crippen LogP contribution in [0.3, 0.4) is 0 Å². The van der Waals surface area contributed by atoms with E-state index in [1.54, 1.807) is 31.4 Å². The molecule has 0 saturated carbocycles. The lowest BCUT2D eigenvalue weighted by atomic mass is 10.0. The summed E-state index contributed by atoms with van der Waals surface area (Å²) < 4.78 is 10.7. The molecule has 2 aromatic carbocycles. The summed E-state index contributed by atoms with van der Waals surface area (Å²) in [5.41, 5.74) is 1.67. The summed E-state index contributed by atoms with van der Waals surface area (Å²) in [5, 5.41) is 3.56. The summed E-state index contributed by atoms with van der Waals surface area (Å²) in [5.74, 6) is 1.29. The molecule has 0 radical (unpaired) electrons. The van der Waals surface area contributed by atoms with Crippen LogP contribution in [0.15, 0.2) is 48.5 Å². The molecule has 2 aliphatic heterocycles. The number of rotatable bonds is 7. The average molecular weight is 424 g/mol. The molecule has 2 aromatic rings. The molecule has 7 nitrogen and oxygen atoms in total. The molecule has 0 unspecified atom stereocenters. The Morgan fingerprint density at radius 1 is 0.968 bits per heavy atom. The van der Waals surface area contributed by atoms with Crippen LogP contribution >= 0.6 is 0 Å². The maximum absolute atomic E-state index is 13.1. The van der Waals surface area contributed by atoms with Gasteiger partial charge in [-0.3, -0.25) is 14.5 Å². The Morgan fingerprint density at radius 3 is 2.23 bits per heavy atom. The summed E-state index contributed by atoms with van der Waals surface area (Å²) >= 11 is 0. The van der Waals surface area contributed by atoms with Crippen molar-refractivity contribution in [3.05, 3.63) is 48.5 Å². The summed E-state index contributed by atoms with van der Waals surface area (Å²) in [6.07, 6.45) is 2.09. The highest BCUT2D eigenvalue weighted by Crippen LogP contribution is 2.29. The molecule has 1 N–H and O–H groups in total. The van der Waals surface area contributed by atoms with Gasteiger partial charge in [-0.1, -0.05) is 0 Å². The number of benzene rings is 2.